The van der Waals surface area contributed by atoms with Gasteiger partial charge in [-0.1, -0.05) is 6.42 Å². The number of aliphatic hydroxyl groups is 1. The van der Waals surface area contributed by atoms with Gasteiger partial charge in [-0.25, -0.2) is 0 Å². The van der Waals surface area contributed by atoms with Crippen molar-refractivity contribution in [3.8, 4) is 0 Å². The summed E-state index contributed by atoms with van der Waals surface area (Å²) in [5.41, 5.74) is 0. The van der Waals surface area contributed by atoms with Gasteiger partial charge in [0.2, 0.25) is 0 Å². The van der Waals surface area contributed by atoms with Crippen LogP contribution in [-0.4, -0.2) is 28.5 Å². The quantitative estimate of drug-likeness (QED) is 0.500. The summed E-state index contributed by atoms with van der Waals surface area (Å²) in [6, 6.07) is -0.563. The summed E-state index contributed by atoms with van der Waals surface area (Å²) in [5.74, 6) is -0.869. The van der Waals surface area contributed by atoms with Crippen LogP contribution in [0.1, 0.15) is 25.7 Å². The SMILES string of the molecule is O=C(O)C1CCCCC(O)N1. The van der Waals surface area contributed by atoms with Gasteiger partial charge in [0.15, 0.2) is 0 Å². The van der Waals surface area contributed by atoms with Crippen LogP contribution in [0.5, 0.6) is 0 Å². The second kappa shape index (κ2) is 3.69. The number of nitrogens with one attached hydrogen (secondary N) is 1. The van der Waals surface area contributed by atoms with E-state index in [0.29, 0.717) is 12.8 Å². The van der Waals surface area contributed by atoms with Gasteiger partial charge in [0.1, 0.15) is 12.3 Å². The molecule has 0 aromatic carbocycles. The molecule has 4 heteroatoms. The highest BCUT2D eigenvalue weighted by molar-refractivity contribution is 5.73. The first-order valence-corrected chi connectivity index (χ1v) is 3.87. The Kier molecular flexibility index (Phi) is 2.84. The van der Waals surface area contributed by atoms with Crippen molar-refractivity contribution in [3.63, 3.8) is 0 Å². The monoisotopic (exact) mass is 159 g/mol. The van der Waals surface area contributed by atoms with Crippen LogP contribution in [0.15, 0.2) is 0 Å². The minimum Gasteiger partial charge on any atom is -0.480 e. The van der Waals surface area contributed by atoms with Gasteiger partial charge in [-0.15, -0.1) is 0 Å². The Bertz CT molecular complexity index is 149. The molecule has 0 amide bonds. The maximum atomic E-state index is 10.5. The third kappa shape index (κ3) is 2.48. The van der Waals surface area contributed by atoms with Crippen LogP contribution in [0, 0.1) is 0 Å². The largest absolute Gasteiger partial charge is 0.480 e. The van der Waals surface area contributed by atoms with Gasteiger partial charge >= 0.3 is 5.97 Å². The fourth-order valence-corrected chi connectivity index (χ4v) is 1.28. The fourth-order valence-electron chi connectivity index (χ4n) is 1.28. The van der Waals surface area contributed by atoms with Crippen molar-refractivity contribution >= 4 is 5.97 Å². The van der Waals surface area contributed by atoms with E-state index in [9.17, 15) is 4.79 Å². The molecule has 1 aliphatic heterocycles. The molecule has 1 fully saturated rings. The van der Waals surface area contributed by atoms with Crippen LogP contribution in [-0.2, 0) is 4.79 Å². The van der Waals surface area contributed by atoms with Crippen LogP contribution in [0.3, 0.4) is 0 Å². The zero-order valence-electron chi connectivity index (χ0n) is 6.29. The second-order valence-corrected chi connectivity index (χ2v) is 2.86. The number of carboxylic acids is 1. The topological polar surface area (TPSA) is 69.6 Å². The Morgan fingerprint density at radius 3 is 2.64 bits per heavy atom. The van der Waals surface area contributed by atoms with Gasteiger partial charge < -0.3 is 10.2 Å². The van der Waals surface area contributed by atoms with E-state index in [1.54, 1.807) is 0 Å². The van der Waals surface area contributed by atoms with Crippen molar-refractivity contribution in [3.05, 3.63) is 0 Å². The number of aliphatic carboxylic acids is 1. The van der Waals surface area contributed by atoms with Gasteiger partial charge in [0.05, 0.1) is 0 Å². The highest BCUT2D eigenvalue weighted by atomic mass is 16.4. The van der Waals surface area contributed by atoms with E-state index >= 15 is 0 Å². The molecule has 0 saturated carbocycles. The Hall–Kier alpha value is -0.610. The third-order valence-corrected chi connectivity index (χ3v) is 1.91. The summed E-state index contributed by atoms with van der Waals surface area (Å²) in [5, 5.41) is 20.4. The van der Waals surface area contributed by atoms with Crippen molar-refractivity contribution in [1.29, 1.82) is 0 Å². The Morgan fingerprint density at radius 1 is 1.36 bits per heavy atom. The molecule has 2 atom stereocenters. The molecule has 0 aliphatic carbocycles. The van der Waals surface area contributed by atoms with E-state index < -0.39 is 18.2 Å². The van der Waals surface area contributed by atoms with Gasteiger partial charge in [-0.2, -0.15) is 0 Å². The number of rotatable bonds is 1. The van der Waals surface area contributed by atoms with Gasteiger partial charge in [0, 0.05) is 0 Å². The van der Waals surface area contributed by atoms with Crippen molar-refractivity contribution in [2.75, 3.05) is 0 Å². The maximum Gasteiger partial charge on any atom is 0.320 e. The maximum absolute atomic E-state index is 10.5. The summed E-state index contributed by atoms with van der Waals surface area (Å²) in [6.45, 7) is 0. The first-order chi connectivity index (χ1) is 5.20. The Labute approximate surface area is 65.2 Å². The molecule has 1 heterocycles. The number of carboxylic acid groups (broad SMARTS) is 1. The molecule has 0 spiro atoms. The van der Waals surface area contributed by atoms with Crippen molar-refractivity contribution in [2.24, 2.45) is 0 Å². The number of hydrogen-bond donors (Lipinski definition) is 3. The summed E-state index contributed by atoms with van der Waals surface area (Å²) < 4.78 is 0. The molecule has 1 saturated heterocycles. The molecule has 0 bridgehead atoms. The molecule has 1 aliphatic rings. The normalized spacial score (nSPS) is 32.8. The van der Waals surface area contributed by atoms with Gasteiger partial charge in [-0.3, -0.25) is 10.1 Å². The van der Waals surface area contributed by atoms with E-state index in [0.717, 1.165) is 12.8 Å². The lowest BCUT2D eigenvalue weighted by molar-refractivity contribution is -0.140. The minimum atomic E-state index is -0.869. The van der Waals surface area contributed by atoms with Crippen LogP contribution < -0.4 is 5.32 Å². The van der Waals surface area contributed by atoms with Crippen molar-refractivity contribution < 1.29 is 15.0 Å². The first kappa shape index (κ1) is 8.49. The molecule has 0 radical (unpaired) electrons. The smallest absolute Gasteiger partial charge is 0.320 e. The van der Waals surface area contributed by atoms with Crippen molar-refractivity contribution in [1.82, 2.24) is 5.32 Å². The molecular weight excluding hydrogens is 146 g/mol. The van der Waals surface area contributed by atoms with Crippen LogP contribution >= 0.6 is 0 Å². The molecule has 4 nitrogen and oxygen atoms in total. The highest BCUT2D eigenvalue weighted by Crippen LogP contribution is 2.11. The summed E-state index contributed by atoms with van der Waals surface area (Å²) in [6.07, 6.45) is 2.41. The molecule has 11 heavy (non-hydrogen) atoms. The summed E-state index contributed by atoms with van der Waals surface area (Å²) in [7, 11) is 0. The average Bonchev–Trinajstić information content (AvgIpc) is 2.13. The molecule has 0 aromatic rings. The molecule has 1 rings (SSSR count). The van der Waals surface area contributed by atoms with Gasteiger partial charge in [-0.05, 0) is 19.3 Å². The lowest BCUT2D eigenvalue weighted by atomic mass is 10.1. The zero-order valence-corrected chi connectivity index (χ0v) is 6.29. The molecule has 2 unspecified atom stereocenters. The first-order valence-electron chi connectivity index (χ1n) is 3.87. The summed E-state index contributed by atoms with van der Waals surface area (Å²) >= 11 is 0. The Balaban J connectivity index is 2.45. The molecule has 64 valence electrons. The highest BCUT2D eigenvalue weighted by Gasteiger charge is 2.22. The fraction of sp³-hybridized carbons (Fsp3) is 0.857. The van der Waals surface area contributed by atoms with E-state index in [1.165, 1.54) is 0 Å². The lowest BCUT2D eigenvalue weighted by Crippen LogP contribution is -2.41. The van der Waals surface area contributed by atoms with Crippen LogP contribution in [0.25, 0.3) is 0 Å². The van der Waals surface area contributed by atoms with Gasteiger partial charge in [0.25, 0.3) is 0 Å². The lowest BCUT2D eigenvalue weighted by Gasteiger charge is -2.13. The van der Waals surface area contributed by atoms with Crippen LogP contribution in [0.2, 0.25) is 0 Å². The van der Waals surface area contributed by atoms with Crippen molar-refractivity contribution in [2.45, 2.75) is 38.0 Å². The number of carbonyl (C=O) groups is 1. The van der Waals surface area contributed by atoms with E-state index in [4.69, 9.17) is 10.2 Å². The summed E-state index contributed by atoms with van der Waals surface area (Å²) in [4.78, 5) is 10.5. The molecule has 0 aromatic heterocycles. The number of aliphatic hydroxyl groups excluding tert-OH is 1. The number of hydrogen-bond acceptors (Lipinski definition) is 3. The minimum absolute atomic E-state index is 0.563. The second-order valence-electron chi connectivity index (χ2n) is 2.86. The van der Waals surface area contributed by atoms with Crippen LogP contribution in [0.4, 0.5) is 0 Å². The zero-order chi connectivity index (χ0) is 8.27. The predicted molar refractivity (Wildman–Crippen MR) is 39.0 cm³/mol. The predicted octanol–water partition coefficient (Wildman–Crippen LogP) is -0.0784. The van der Waals surface area contributed by atoms with E-state index in [2.05, 4.69) is 5.32 Å². The van der Waals surface area contributed by atoms with E-state index in [1.807, 2.05) is 0 Å². The molecule has 3 N–H and O–H groups in total. The third-order valence-electron chi connectivity index (χ3n) is 1.91. The standard InChI is InChI=1S/C7H13NO3/c9-6-4-2-1-3-5(8-6)7(10)11/h5-6,8-9H,1-4H2,(H,10,11). The Morgan fingerprint density at radius 2 is 2.00 bits per heavy atom. The van der Waals surface area contributed by atoms with E-state index in [-0.39, 0.29) is 0 Å². The molecular formula is C7H13NO3. The average molecular weight is 159 g/mol.